The SMILES string of the molecule is CCc1ccc2[nH]c(=O)c(CN(CCN(CC)CC)C(=S)NCC(C)C)cc2c1. The second-order valence-electron chi connectivity index (χ2n) is 7.93. The average molecular weight is 417 g/mol. The van der Waals surface area contributed by atoms with Crippen LogP contribution in [-0.4, -0.2) is 52.6 Å². The van der Waals surface area contributed by atoms with Crippen molar-refractivity contribution in [3.05, 3.63) is 45.7 Å². The highest BCUT2D eigenvalue weighted by atomic mass is 32.1. The zero-order chi connectivity index (χ0) is 21.4. The van der Waals surface area contributed by atoms with Gasteiger partial charge in [0.1, 0.15) is 0 Å². The third-order valence-electron chi connectivity index (χ3n) is 5.28. The first-order chi connectivity index (χ1) is 13.9. The van der Waals surface area contributed by atoms with Crippen LogP contribution in [0.5, 0.6) is 0 Å². The predicted octanol–water partition coefficient (Wildman–Crippen LogP) is 3.76. The number of aromatic amines is 1. The van der Waals surface area contributed by atoms with Crippen LogP contribution in [0, 0.1) is 5.92 Å². The van der Waals surface area contributed by atoms with Crippen LogP contribution in [0.15, 0.2) is 29.1 Å². The Morgan fingerprint density at radius 2 is 1.86 bits per heavy atom. The van der Waals surface area contributed by atoms with Crippen molar-refractivity contribution in [3.63, 3.8) is 0 Å². The second kappa shape index (κ2) is 11.3. The fraction of sp³-hybridized carbons (Fsp3) is 0.565. The summed E-state index contributed by atoms with van der Waals surface area (Å²) in [5, 5.41) is 5.15. The number of fused-ring (bicyclic) bond motifs is 1. The molecule has 1 heterocycles. The molecule has 0 fully saturated rings. The van der Waals surface area contributed by atoms with Gasteiger partial charge >= 0.3 is 0 Å². The van der Waals surface area contributed by atoms with Gasteiger partial charge in [0.05, 0.1) is 6.54 Å². The number of likely N-dealkylation sites (N-methyl/N-ethyl adjacent to an activating group) is 1. The summed E-state index contributed by atoms with van der Waals surface area (Å²) in [5.74, 6) is 0.508. The van der Waals surface area contributed by atoms with Gasteiger partial charge in [0.2, 0.25) is 0 Å². The van der Waals surface area contributed by atoms with Gasteiger partial charge in [0, 0.05) is 30.7 Å². The molecule has 1 aromatic carbocycles. The van der Waals surface area contributed by atoms with Crippen LogP contribution in [0.2, 0.25) is 0 Å². The van der Waals surface area contributed by atoms with Crippen molar-refractivity contribution in [3.8, 4) is 0 Å². The van der Waals surface area contributed by atoms with Gasteiger partial charge in [-0.25, -0.2) is 0 Å². The zero-order valence-corrected chi connectivity index (χ0v) is 19.4. The van der Waals surface area contributed by atoms with Crippen molar-refractivity contribution in [1.29, 1.82) is 0 Å². The van der Waals surface area contributed by atoms with Gasteiger partial charge in [-0.1, -0.05) is 40.7 Å². The van der Waals surface area contributed by atoms with E-state index >= 15 is 0 Å². The fourth-order valence-corrected chi connectivity index (χ4v) is 3.54. The Bertz CT molecular complexity index is 858. The molecule has 0 atom stereocenters. The molecule has 5 nitrogen and oxygen atoms in total. The molecule has 6 heteroatoms. The number of nitrogens with zero attached hydrogens (tertiary/aromatic N) is 2. The summed E-state index contributed by atoms with van der Waals surface area (Å²) >= 11 is 5.68. The molecule has 0 aliphatic rings. The maximum Gasteiger partial charge on any atom is 0.253 e. The third kappa shape index (κ3) is 6.82. The number of H-pyrrole nitrogens is 1. The van der Waals surface area contributed by atoms with Gasteiger partial charge in [0.15, 0.2) is 5.11 Å². The van der Waals surface area contributed by atoms with E-state index in [2.05, 4.69) is 66.9 Å². The largest absolute Gasteiger partial charge is 0.362 e. The van der Waals surface area contributed by atoms with E-state index < -0.39 is 0 Å². The maximum absolute atomic E-state index is 12.7. The molecule has 160 valence electrons. The third-order valence-corrected chi connectivity index (χ3v) is 5.69. The number of nitrogens with one attached hydrogen (secondary N) is 2. The Balaban J connectivity index is 2.26. The van der Waals surface area contributed by atoms with Gasteiger partial charge in [-0.3, -0.25) is 4.79 Å². The van der Waals surface area contributed by atoms with E-state index in [0.29, 0.717) is 17.6 Å². The molecule has 0 bridgehead atoms. The number of pyridine rings is 1. The molecule has 2 aromatic rings. The van der Waals surface area contributed by atoms with Crippen molar-refractivity contribution in [2.75, 3.05) is 32.7 Å². The number of benzene rings is 1. The van der Waals surface area contributed by atoms with Gasteiger partial charge in [-0.05, 0) is 66.8 Å². The van der Waals surface area contributed by atoms with Crippen molar-refractivity contribution in [2.24, 2.45) is 5.92 Å². The topological polar surface area (TPSA) is 51.4 Å². The molecule has 0 aliphatic heterocycles. The molecule has 0 aliphatic carbocycles. The quantitative estimate of drug-likeness (QED) is 0.578. The molecule has 0 amide bonds. The molecule has 0 spiro atoms. The van der Waals surface area contributed by atoms with Gasteiger partial charge in [-0.2, -0.15) is 0 Å². The lowest BCUT2D eigenvalue weighted by Gasteiger charge is -2.29. The highest BCUT2D eigenvalue weighted by Crippen LogP contribution is 2.15. The Hall–Kier alpha value is -1.92. The summed E-state index contributed by atoms with van der Waals surface area (Å²) in [7, 11) is 0. The number of thiocarbonyl (C=S) groups is 1. The van der Waals surface area contributed by atoms with Crippen LogP contribution < -0.4 is 10.9 Å². The lowest BCUT2D eigenvalue weighted by atomic mass is 10.1. The average Bonchev–Trinajstić information content (AvgIpc) is 2.71. The maximum atomic E-state index is 12.7. The minimum atomic E-state index is -0.0405. The predicted molar refractivity (Wildman–Crippen MR) is 128 cm³/mol. The first-order valence-corrected chi connectivity index (χ1v) is 11.2. The van der Waals surface area contributed by atoms with Crippen molar-refractivity contribution >= 4 is 28.2 Å². The second-order valence-corrected chi connectivity index (χ2v) is 8.31. The summed E-state index contributed by atoms with van der Waals surface area (Å²) in [5.41, 5.74) is 2.86. The number of hydrogen-bond donors (Lipinski definition) is 2. The minimum Gasteiger partial charge on any atom is -0.362 e. The van der Waals surface area contributed by atoms with Crippen LogP contribution >= 0.6 is 12.2 Å². The lowest BCUT2D eigenvalue weighted by Crippen LogP contribution is -2.45. The van der Waals surface area contributed by atoms with Crippen LogP contribution in [0.3, 0.4) is 0 Å². The molecular weight excluding hydrogens is 380 g/mol. The molecule has 0 radical (unpaired) electrons. The molecule has 1 aromatic heterocycles. The van der Waals surface area contributed by atoms with Crippen molar-refractivity contribution in [1.82, 2.24) is 20.1 Å². The molecule has 2 N–H and O–H groups in total. The highest BCUT2D eigenvalue weighted by molar-refractivity contribution is 7.80. The number of aryl methyl sites for hydroxylation is 1. The Kier molecular flexibility index (Phi) is 9.11. The highest BCUT2D eigenvalue weighted by Gasteiger charge is 2.15. The smallest absolute Gasteiger partial charge is 0.253 e. The van der Waals surface area contributed by atoms with Crippen LogP contribution in [0.25, 0.3) is 10.9 Å². The lowest BCUT2D eigenvalue weighted by molar-refractivity contribution is 0.263. The number of aromatic nitrogens is 1. The molecular formula is C23H36N4OS. The minimum absolute atomic E-state index is 0.0405. The Morgan fingerprint density at radius 1 is 1.14 bits per heavy atom. The van der Waals surface area contributed by atoms with E-state index in [9.17, 15) is 4.79 Å². The summed E-state index contributed by atoms with van der Waals surface area (Å²) in [4.78, 5) is 20.2. The summed E-state index contributed by atoms with van der Waals surface area (Å²) in [6.07, 6.45) is 0.976. The monoisotopic (exact) mass is 416 g/mol. The van der Waals surface area contributed by atoms with E-state index in [1.807, 2.05) is 12.1 Å². The van der Waals surface area contributed by atoms with Crippen LogP contribution in [-0.2, 0) is 13.0 Å². The van der Waals surface area contributed by atoms with E-state index in [4.69, 9.17) is 12.2 Å². The first kappa shape index (κ1) is 23.4. The van der Waals surface area contributed by atoms with E-state index in [1.54, 1.807) is 0 Å². The number of rotatable bonds is 10. The van der Waals surface area contributed by atoms with Gasteiger partial charge in [0.25, 0.3) is 5.56 Å². The zero-order valence-electron chi connectivity index (χ0n) is 18.5. The molecule has 29 heavy (non-hydrogen) atoms. The number of hydrogen-bond acceptors (Lipinski definition) is 3. The standard InChI is InChI=1S/C23H36N4OS/c1-6-18-9-10-21-19(13-18)14-20(22(28)25-21)16-27(12-11-26(7-2)8-3)23(29)24-15-17(4)5/h9-10,13-14,17H,6-8,11-12,15-16H2,1-5H3,(H,24,29)(H,25,28). The van der Waals surface area contributed by atoms with Crippen LogP contribution in [0.4, 0.5) is 0 Å². The normalized spacial score (nSPS) is 11.4. The van der Waals surface area contributed by atoms with Gasteiger partial charge in [-0.15, -0.1) is 0 Å². The van der Waals surface area contributed by atoms with Crippen LogP contribution in [0.1, 0.15) is 45.7 Å². The van der Waals surface area contributed by atoms with E-state index in [1.165, 1.54) is 5.56 Å². The van der Waals surface area contributed by atoms with E-state index in [0.717, 1.165) is 55.6 Å². The summed E-state index contributed by atoms with van der Waals surface area (Å²) in [6.45, 7) is 15.9. The van der Waals surface area contributed by atoms with Gasteiger partial charge < -0.3 is 20.1 Å². The van der Waals surface area contributed by atoms with Crippen molar-refractivity contribution < 1.29 is 0 Å². The van der Waals surface area contributed by atoms with E-state index in [-0.39, 0.29) is 5.56 Å². The molecule has 0 unspecified atom stereocenters. The fourth-order valence-electron chi connectivity index (χ4n) is 3.30. The molecule has 2 rings (SSSR count). The first-order valence-electron chi connectivity index (χ1n) is 10.8. The summed E-state index contributed by atoms with van der Waals surface area (Å²) in [6, 6.07) is 8.23. The molecule has 0 saturated carbocycles. The van der Waals surface area contributed by atoms with Crippen molar-refractivity contribution in [2.45, 2.75) is 47.6 Å². The Morgan fingerprint density at radius 3 is 2.48 bits per heavy atom. The summed E-state index contributed by atoms with van der Waals surface area (Å²) < 4.78 is 0. The molecule has 0 saturated heterocycles. The Labute approximate surface area is 180 Å².